The Kier molecular flexibility index (Phi) is 5.70. The number of hydrogen-bond donors (Lipinski definition) is 3. The molecule has 0 aliphatic heterocycles. The Labute approximate surface area is 193 Å². The number of aromatic hydroxyl groups is 1. The van der Waals surface area contributed by atoms with Crippen molar-refractivity contribution in [1.82, 2.24) is 4.31 Å². The van der Waals surface area contributed by atoms with Crippen LogP contribution < -0.4 is 21.5 Å². The number of anilines is 3. The molecule has 3 N–H and O–H groups in total. The number of nitrogens with one attached hydrogen (secondary N) is 2. The van der Waals surface area contributed by atoms with Gasteiger partial charge in [0.25, 0.3) is 20.9 Å². The normalized spacial score (nSPS) is 13.6. The molecule has 0 spiro atoms. The van der Waals surface area contributed by atoms with Crippen LogP contribution in [-0.4, -0.2) is 38.1 Å². The summed E-state index contributed by atoms with van der Waals surface area (Å²) in [7, 11) is -1.52. The summed E-state index contributed by atoms with van der Waals surface area (Å²) in [6.07, 6.45) is -3.53. The zero-order chi connectivity index (χ0) is 25.0. The van der Waals surface area contributed by atoms with Crippen LogP contribution in [-0.2, 0) is 10.0 Å². The Bertz CT molecular complexity index is 1560. The quantitative estimate of drug-likeness (QED) is 0.319. The number of alkyl halides is 3. The number of thiophene rings is 1. The highest BCUT2D eigenvalue weighted by atomic mass is 32.2. The van der Waals surface area contributed by atoms with E-state index < -0.39 is 54.4 Å². The van der Waals surface area contributed by atoms with Gasteiger partial charge < -0.3 is 20.2 Å². The van der Waals surface area contributed by atoms with Crippen LogP contribution in [0.3, 0.4) is 0 Å². The maximum absolute atomic E-state index is 13.9. The molecule has 0 radical (unpaired) electrons. The lowest BCUT2D eigenvalue weighted by Gasteiger charge is -2.25. The first-order valence-corrected chi connectivity index (χ1v) is 11.8. The molecule has 2 aromatic carbocycles. The predicted octanol–water partition coefficient (Wildman–Crippen LogP) is 3.51. The second-order valence-electron chi connectivity index (χ2n) is 7.44. The van der Waals surface area contributed by atoms with Crippen molar-refractivity contribution in [1.29, 1.82) is 0 Å². The third-order valence-corrected chi connectivity index (χ3v) is 8.35. The SMILES string of the molecule is CN(C)S(=O)(=O)c1scc(Nc2c(N[C@@H](c3ccc4ccoc4c3)C(F)(F)F)c(=O)c2=O)c1O. The van der Waals surface area contributed by atoms with Gasteiger partial charge in [0.2, 0.25) is 0 Å². The Balaban J connectivity index is 1.69. The largest absolute Gasteiger partial charge is 0.504 e. The van der Waals surface area contributed by atoms with Crippen LogP contribution in [0.4, 0.5) is 30.2 Å². The molecule has 0 aliphatic rings. The summed E-state index contributed by atoms with van der Waals surface area (Å²) >= 11 is 0.636. The maximum atomic E-state index is 13.9. The Morgan fingerprint density at radius 2 is 1.79 bits per heavy atom. The summed E-state index contributed by atoms with van der Waals surface area (Å²) < 4.78 is 71.7. The van der Waals surface area contributed by atoms with Gasteiger partial charge >= 0.3 is 6.18 Å². The van der Waals surface area contributed by atoms with E-state index in [1.54, 1.807) is 6.07 Å². The molecule has 14 heteroatoms. The molecule has 0 saturated carbocycles. The van der Waals surface area contributed by atoms with Crippen LogP contribution in [0.5, 0.6) is 5.75 Å². The fourth-order valence-electron chi connectivity index (χ4n) is 3.20. The molecular formula is C20H16F3N3O6S2. The van der Waals surface area contributed by atoms with Gasteiger partial charge in [-0.3, -0.25) is 9.59 Å². The van der Waals surface area contributed by atoms with E-state index in [9.17, 15) is 36.3 Å². The van der Waals surface area contributed by atoms with Crippen molar-refractivity contribution in [2.24, 2.45) is 0 Å². The molecule has 0 bridgehead atoms. The zero-order valence-corrected chi connectivity index (χ0v) is 19.1. The van der Waals surface area contributed by atoms with Crippen LogP contribution in [0, 0.1) is 0 Å². The van der Waals surface area contributed by atoms with E-state index in [0.29, 0.717) is 16.7 Å². The standard InChI is InChI=1S/C20H16F3N3O6S2/c1-26(2)34(30,31)19-15(27)11(8-33-19)24-13-14(17(29)16(13)28)25-18(20(21,22)23)10-4-3-9-5-6-32-12(9)7-10/h3-8,18,24-25,27H,1-2H3/t18-/m0/s1. The molecule has 4 rings (SSSR count). The third-order valence-electron chi connectivity index (χ3n) is 5.05. The van der Waals surface area contributed by atoms with E-state index in [2.05, 4.69) is 10.6 Å². The number of sulfonamides is 1. The number of fused-ring (bicyclic) bond motifs is 1. The summed E-state index contributed by atoms with van der Waals surface area (Å²) in [5.74, 6) is -0.728. The Morgan fingerprint density at radius 3 is 2.44 bits per heavy atom. The highest BCUT2D eigenvalue weighted by Gasteiger charge is 2.43. The predicted molar refractivity (Wildman–Crippen MR) is 120 cm³/mol. The molecule has 4 aromatic rings. The Morgan fingerprint density at radius 1 is 1.12 bits per heavy atom. The molecule has 0 aliphatic carbocycles. The van der Waals surface area contributed by atoms with Gasteiger partial charge in [-0.2, -0.15) is 13.2 Å². The van der Waals surface area contributed by atoms with E-state index in [4.69, 9.17) is 4.42 Å². The minimum atomic E-state index is -4.85. The second-order valence-corrected chi connectivity index (χ2v) is 10.7. The zero-order valence-electron chi connectivity index (χ0n) is 17.4. The average Bonchev–Trinajstić information content (AvgIpc) is 3.37. The lowest BCUT2D eigenvalue weighted by molar-refractivity contribution is -0.144. The maximum Gasteiger partial charge on any atom is 0.412 e. The molecule has 2 aromatic heterocycles. The fraction of sp³-hybridized carbons (Fsp3) is 0.200. The summed E-state index contributed by atoms with van der Waals surface area (Å²) in [6.45, 7) is 0. The van der Waals surface area contributed by atoms with Gasteiger partial charge in [0.1, 0.15) is 23.0 Å². The van der Waals surface area contributed by atoms with Crippen molar-refractivity contribution in [3.8, 4) is 5.75 Å². The average molecular weight is 515 g/mol. The summed E-state index contributed by atoms with van der Waals surface area (Å²) in [5.41, 5.74) is -3.78. The number of nitrogens with zero attached hydrogens (tertiary/aromatic N) is 1. The van der Waals surface area contributed by atoms with Crippen LogP contribution in [0.2, 0.25) is 0 Å². The molecule has 2 heterocycles. The summed E-state index contributed by atoms with van der Waals surface area (Å²) in [6, 6.07) is 3.02. The van der Waals surface area contributed by atoms with E-state index in [1.807, 2.05) is 0 Å². The fourth-order valence-corrected chi connectivity index (χ4v) is 5.59. The van der Waals surface area contributed by atoms with Crippen molar-refractivity contribution in [2.45, 2.75) is 16.4 Å². The minimum Gasteiger partial charge on any atom is -0.504 e. The molecule has 9 nitrogen and oxygen atoms in total. The van der Waals surface area contributed by atoms with Gasteiger partial charge in [0, 0.05) is 24.9 Å². The first-order chi connectivity index (χ1) is 15.8. The number of furan rings is 1. The molecular weight excluding hydrogens is 499 g/mol. The van der Waals surface area contributed by atoms with Gasteiger partial charge in [0.15, 0.2) is 9.96 Å². The number of halogens is 3. The molecule has 180 valence electrons. The third kappa shape index (κ3) is 3.93. The van der Waals surface area contributed by atoms with Crippen LogP contribution in [0.1, 0.15) is 11.6 Å². The van der Waals surface area contributed by atoms with Crippen molar-refractivity contribution < 1.29 is 31.1 Å². The van der Waals surface area contributed by atoms with Crippen molar-refractivity contribution in [3.05, 3.63) is 61.9 Å². The van der Waals surface area contributed by atoms with Gasteiger partial charge in [0.05, 0.1) is 12.0 Å². The summed E-state index contributed by atoms with van der Waals surface area (Å²) in [4.78, 5) is 24.2. The van der Waals surface area contributed by atoms with Crippen molar-refractivity contribution >= 4 is 49.4 Å². The topological polar surface area (TPSA) is 129 Å². The Hall–Kier alpha value is -3.36. The molecule has 0 saturated heterocycles. The van der Waals surface area contributed by atoms with E-state index >= 15 is 0 Å². The van der Waals surface area contributed by atoms with Gasteiger partial charge in [-0.1, -0.05) is 12.1 Å². The first-order valence-electron chi connectivity index (χ1n) is 9.46. The molecule has 1 atom stereocenters. The lowest BCUT2D eigenvalue weighted by Crippen LogP contribution is -2.40. The summed E-state index contributed by atoms with van der Waals surface area (Å²) in [5, 5.41) is 16.5. The monoisotopic (exact) mass is 515 g/mol. The van der Waals surface area contributed by atoms with Crippen LogP contribution >= 0.6 is 11.3 Å². The van der Waals surface area contributed by atoms with Crippen molar-refractivity contribution in [3.63, 3.8) is 0 Å². The number of hydrogen-bond acceptors (Lipinski definition) is 9. The van der Waals surface area contributed by atoms with Gasteiger partial charge in [-0.15, -0.1) is 11.3 Å². The van der Waals surface area contributed by atoms with E-state index in [-0.39, 0.29) is 16.8 Å². The molecule has 34 heavy (non-hydrogen) atoms. The molecule has 0 amide bonds. The number of rotatable bonds is 7. The second kappa shape index (κ2) is 8.14. The van der Waals surface area contributed by atoms with Crippen LogP contribution in [0.15, 0.2) is 54.1 Å². The van der Waals surface area contributed by atoms with E-state index in [1.165, 1.54) is 43.9 Å². The molecule has 0 fully saturated rings. The number of benzene rings is 1. The lowest BCUT2D eigenvalue weighted by atomic mass is 10.0. The highest BCUT2D eigenvalue weighted by molar-refractivity contribution is 7.91. The first kappa shape index (κ1) is 23.8. The van der Waals surface area contributed by atoms with Crippen LogP contribution in [0.25, 0.3) is 11.0 Å². The minimum absolute atomic E-state index is 0.203. The highest BCUT2D eigenvalue weighted by Crippen LogP contribution is 2.42. The van der Waals surface area contributed by atoms with Gasteiger partial charge in [-0.05, 0) is 17.7 Å². The molecule has 0 unspecified atom stereocenters. The van der Waals surface area contributed by atoms with Gasteiger partial charge in [-0.25, -0.2) is 12.7 Å². The smallest absolute Gasteiger partial charge is 0.412 e. The van der Waals surface area contributed by atoms with E-state index in [0.717, 1.165) is 4.31 Å². The van der Waals surface area contributed by atoms with Crippen molar-refractivity contribution in [2.75, 3.05) is 24.7 Å².